The first kappa shape index (κ1) is 23.1. The van der Waals surface area contributed by atoms with Crippen LogP contribution in [0.2, 0.25) is 0 Å². The van der Waals surface area contributed by atoms with Crippen LogP contribution >= 0.6 is 15.9 Å². The maximum Gasteiger partial charge on any atom is 0.247 e. The van der Waals surface area contributed by atoms with Crippen LogP contribution in [-0.4, -0.2) is 66.6 Å². The number of pyridine rings is 1. The zero-order chi connectivity index (χ0) is 21.9. The van der Waals surface area contributed by atoms with Crippen LogP contribution in [0.5, 0.6) is 5.75 Å². The van der Waals surface area contributed by atoms with E-state index in [2.05, 4.69) is 25.8 Å². The van der Waals surface area contributed by atoms with Crippen molar-refractivity contribution in [3.05, 3.63) is 52.8 Å². The lowest BCUT2D eigenvalue weighted by Crippen LogP contribution is -2.49. The highest BCUT2D eigenvalue weighted by molar-refractivity contribution is 9.10. The number of ether oxygens (including phenoxy) is 1. The molecule has 0 spiro atoms. The summed E-state index contributed by atoms with van der Waals surface area (Å²) < 4.78 is 35.0. The fraction of sp³-hybridized carbons (Fsp3) is 0.476. The summed E-state index contributed by atoms with van der Waals surface area (Å²) >= 11 is 3.42. The Labute approximate surface area is 186 Å². The SMILES string of the molecule is C[C@@H]1CN([C@H](C)CO)S(=O)(=O)c2ccc(Br)cc2O[C@H]1CN(C)Cc1ccncc1. The van der Waals surface area contributed by atoms with Crippen LogP contribution in [0.15, 0.2) is 52.1 Å². The van der Waals surface area contributed by atoms with E-state index in [1.807, 2.05) is 26.1 Å². The number of aromatic nitrogens is 1. The molecule has 0 amide bonds. The number of aliphatic hydroxyl groups excluding tert-OH is 1. The van der Waals surface area contributed by atoms with E-state index in [9.17, 15) is 13.5 Å². The quantitative estimate of drug-likeness (QED) is 0.660. The summed E-state index contributed by atoms with van der Waals surface area (Å²) in [5.41, 5.74) is 1.15. The van der Waals surface area contributed by atoms with Crippen molar-refractivity contribution in [3.8, 4) is 5.75 Å². The Kier molecular flexibility index (Phi) is 7.52. The van der Waals surface area contributed by atoms with Crippen molar-refractivity contribution in [2.75, 3.05) is 26.7 Å². The Bertz CT molecular complexity index is 958. The van der Waals surface area contributed by atoms with E-state index in [4.69, 9.17) is 4.74 Å². The van der Waals surface area contributed by atoms with Gasteiger partial charge in [0.1, 0.15) is 16.7 Å². The lowest BCUT2D eigenvalue weighted by atomic mass is 10.0. The number of fused-ring (bicyclic) bond motifs is 1. The number of hydrogen-bond acceptors (Lipinski definition) is 6. The number of likely N-dealkylation sites (N-methyl/N-ethyl adjacent to an activating group) is 1. The van der Waals surface area contributed by atoms with Gasteiger partial charge < -0.3 is 9.84 Å². The Hall–Kier alpha value is -1.52. The van der Waals surface area contributed by atoms with E-state index in [1.165, 1.54) is 4.31 Å². The van der Waals surface area contributed by atoms with Gasteiger partial charge >= 0.3 is 0 Å². The van der Waals surface area contributed by atoms with E-state index >= 15 is 0 Å². The van der Waals surface area contributed by atoms with Gasteiger partial charge in [0.05, 0.1) is 6.61 Å². The molecule has 3 atom stereocenters. The van der Waals surface area contributed by atoms with Gasteiger partial charge in [-0.05, 0) is 49.9 Å². The molecule has 0 aliphatic carbocycles. The van der Waals surface area contributed by atoms with Crippen molar-refractivity contribution < 1.29 is 18.3 Å². The van der Waals surface area contributed by atoms with Crippen LogP contribution in [0, 0.1) is 5.92 Å². The van der Waals surface area contributed by atoms with E-state index in [0.29, 0.717) is 12.3 Å². The van der Waals surface area contributed by atoms with Crippen molar-refractivity contribution in [2.45, 2.75) is 37.4 Å². The van der Waals surface area contributed by atoms with Crippen LogP contribution in [0.4, 0.5) is 0 Å². The number of halogens is 1. The number of benzene rings is 1. The lowest BCUT2D eigenvalue weighted by molar-refractivity contribution is 0.0733. The first-order valence-electron chi connectivity index (χ1n) is 9.88. The van der Waals surface area contributed by atoms with Crippen LogP contribution < -0.4 is 4.74 Å². The Morgan fingerprint density at radius 1 is 1.33 bits per heavy atom. The summed E-state index contributed by atoms with van der Waals surface area (Å²) in [6, 6.07) is 8.37. The minimum atomic E-state index is -3.80. The highest BCUT2D eigenvalue weighted by atomic mass is 79.9. The summed E-state index contributed by atoms with van der Waals surface area (Å²) in [5, 5.41) is 9.68. The number of rotatable bonds is 6. The minimum Gasteiger partial charge on any atom is -0.487 e. The van der Waals surface area contributed by atoms with Crippen molar-refractivity contribution in [3.63, 3.8) is 0 Å². The van der Waals surface area contributed by atoms with Crippen molar-refractivity contribution in [1.29, 1.82) is 0 Å². The first-order chi connectivity index (χ1) is 14.2. The third-order valence-electron chi connectivity index (χ3n) is 5.32. The maximum absolute atomic E-state index is 13.3. The van der Waals surface area contributed by atoms with E-state index < -0.39 is 16.1 Å². The Balaban J connectivity index is 1.92. The van der Waals surface area contributed by atoms with Crippen molar-refractivity contribution in [1.82, 2.24) is 14.2 Å². The molecule has 1 aromatic carbocycles. The molecule has 1 aromatic heterocycles. The summed E-state index contributed by atoms with van der Waals surface area (Å²) in [5.74, 6) is 0.245. The van der Waals surface area contributed by atoms with Gasteiger partial charge in [-0.2, -0.15) is 4.31 Å². The third kappa shape index (κ3) is 5.20. The molecule has 0 radical (unpaired) electrons. The second kappa shape index (κ2) is 9.74. The van der Waals surface area contributed by atoms with E-state index in [-0.39, 0.29) is 30.1 Å². The molecule has 0 fully saturated rings. The molecule has 1 N–H and O–H groups in total. The molecule has 0 bridgehead atoms. The molecular formula is C21H28BrN3O4S. The van der Waals surface area contributed by atoms with Crippen molar-refractivity contribution in [2.24, 2.45) is 5.92 Å². The normalized spacial score (nSPS) is 22.6. The van der Waals surface area contributed by atoms with Gasteiger partial charge in [0, 0.05) is 48.5 Å². The number of aliphatic hydroxyl groups is 1. The molecule has 164 valence electrons. The molecule has 2 heterocycles. The van der Waals surface area contributed by atoms with Crippen LogP contribution in [0.25, 0.3) is 0 Å². The molecule has 1 aliphatic heterocycles. The van der Waals surface area contributed by atoms with Crippen LogP contribution in [0.1, 0.15) is 19.4 Å². The monoisotopic (exact) mass is 497 g/mol. The molecule has 7 nitrogen and oxygen atoms in total. The van der Waals surface area contributed by atoms with Gasteiger partial charge in [0.25, 0.3) is 0 Å². The zero-order valence-corrected chi connectivity index (χ0v) is 19.8. The van der Waals surface area contributed by atoms with Gasteiger partial charge in [-0.15, -0.1) is 0 Å². The molecule has 0 unspecified atom stereocenters. The second-order valence-electron chi connectivity index (χ2n) is 7.88. The maximum atomic E-state index is 13.3. The average Bonchev–Trinajstić information content (AvgIpc) is 2.70. The smallest absolute Gasteiger partial charge is 0.247 e. The second-order valence-corrected chi connectivity index (χ2v) is 10.7. The minimum absolute atomic E-state index is 0.0826. The van der Waals surface area contributed by atoms with Crippen LogP contribution in [0.3, 0.4) is 0 Å². The predicted octanol–water partition coefficient (Wildman–Crippen LogP) is 2.74. The van der Waals surface area contributed by atoms with Crippen LogP contribution in [-0.2, 0) is 16.6 Å². The van der Waals surface area contributed by atoms with Gasteiger partial charge in [-0.1, -0.05) is 22.9 Å². The lowest BCUT2D eigenvalue weighted by Gasteiger charge is -2.37. The predicted molar refractivity (Wildman–Crippen MR) is 119 cm³/mol. The third-order valence-corrected chi connectivity index (χ3v) is 7.84. The summed E-state index contributed by atoms with van der Waals surface area (Å²) in [4.78, 5) is 6.33. The Morgan fingerprint density at radius 3 is 2.70 bits per heavy atom. The Morgan fingerprint density at radius 2 is 2.03 bits per heavy atom. The number of sulfonamides is 1. The molecule has 0 saturated heterocycles. The fourth-order valence-electron chi connectivity index (χ4n) is 3.59. The standard InChI is InChI=1S/C21H28BrN3O4S/c1-15-11-25(16(2)14-26)30(27,28)21-5-4-18(22)10-19(21)29-20(15)13-24(3)12-17-6-8-23-9-7-17/h4-10,15-16,20,26H,11-14H2,1-3H3/t15-,16-,20+/m1/s1. The molecule has 2 aromatic rings. The molecule has 30 heavy (non-hydrogen) atoms. The molecular weight excluding hydrogens is 470 g/mol. The van der Waals surface area contributed by atoms with Gasteiger partial charge in [-0.3, -0.25) is 9.88 Å². The van der Waals surface area contributed by atoms with E-state index in [1.54, 1.807) is 37.5 Å². The largest absolute Gasteiger partial charge is 0.487 e. The summed E-state index contributed by atoms with van der Waals surface area (Å²) in [6.45, 7) is 5.08. The number of nitrogens with zero attached hydrogens (tertiary/aromatic N) is 3. The van der Waals surface area contributed by atoms with Gasteiger partial charge in [0.15, 0.2) is 0 Å². The zero-order valence-electron chi connectivity index (χ0n) is 17.4. The highest BCUT2D eigenvalue weighted by Gasteiger charge is 2.38. The molecule has 0 saturated carbocycles. The molecule has 9 heteroatoms. The first-order valence-corrected chi connectivity index (χ1v) is 12.1. The topological polar surface area (TPSA) is 83.0 Å². The fourth-order valence-corrected chi connectivity index (χ4v) is 5.75. The highest BCUT2D eigenvalue weighted by Crippen LogP contribution is 2.35. The average molecular weight is 498 g/mol. The van der Waals surface area contributed by atoms with Gasteiger partial charge in [-0.25, -0.2) is 8.42 Å². The van der Waals surface area contributed by atoms with Gasteiger partial charge in [0.2, 0.25) is 10.0 Å². The summed E-state index contributed by atoms with van der Waals surface area (Å²) in [6.07, 6.45) is 3.31. The molecule has 1 aliphatic rings. The summed E-state index contributed by atoms with van der Waals surface area (Å²) in [7, 11) is -1.78. The van der Waals surface area contributed by atoms with Crippen molar-refractivity contribution >= 4 is 26.0 Å². The number of hydrogen-bond donors (Lipinski definition) is 1. The molecule has 3 rings (SSSR count). The van der Waals surface area contributed by atoms with E-state index in [0.717, 1.165) is 16.6 Å².